The zero-order valence-electron chi connectivity index (χ0n) is 33.1. The third-order valence-electron chi connectivity index (χ3n) is 10.7. The van der Waals surface area contributed by atoms with Crippen molar-refractivity contribution in [2.24, 2.45) is 5.92 Å². The van der Waals surface area contributed by atoms with Gasteiger partial charge in [-0.1, -0.05) is 0 Å². The van der Waals surface area contributed by atoms with Gasteiger partial charge in [-0.15, -0.1) is 34.0 Å². The minimum atomic E-state index is -0.515. The maximum atomic E-state index is 12.2. The van der Waals surface area contributed by atoms with Crippen LogP contribution in [0.5, 0.6) is 0 Å². The van der Waals surface area contributed by atoms with Crippen molar-refractivity contribution in [3.8, 4) is 18.2 Å². The molecular formula is C42H44N12O2S3. The van der Waals surface area contributed by atoms with E-state index in [2.05, 4.69) is 50.5 Å². The Bertz CT molecular complexity index is 2760. The number of nitrogens with two attached hydrogens (primary N) is 3. The van der Waals surface area contributed by atoms with Crippen molar-refractivity contribution in [2.75, 3.05) is 43.4 Å². The van der Waals surface area contributed by atoms with Crippen LogP contribution in [-0.2, 0) is 43.6 Å². The molecule has 17 heteroatoms. The fourth-order valence-corrected chi connectivity index (χ4v) is 10.2. The van der Waals surface area contributed by atoms with Gasteiger partial charge in [0.1, 0.15) is 52.9 Å². The van der Waals surface area contributed by atoms with Gasteiger partial charge in [-0.05, 0) is 74.4 Å². The van der Waals surface area contributed by atoms with Gasteiger partial charge < -0.3 is 32.2 Å². The first-order valence-electron chi connectivity index (χ1n) is 19.6. The molecule has 9 heterocycles. The van der Waals surface area contributed by atoms with Crippen LogP contribution in [0.1, 0.15) is 82.0 Å². The van der Waals surface area contributed by atoms with Gasteiger partial charge in [-0.2, -0.15) is 15.8 Å². The average Bonchev–Trinajstić information content (AvgIpc) is 3.82. The Morgan fingerprint density at radius 2 is 1.24 bits per heavy atom. The first-order chi connectivity index (χ1) is 28.3. The number of amides is 1. The van der Waals surface area contributed by atoms with E-state index >= 15 is 0 Å². The fourth-order valence-electron chi connectivity index (χ4n) is 7.52. The summed E-state index contributed by atoms with van der Waals surface area (Å²) in [5.74, 6) is 0.921. The molecule has 0 unspecified atom stereocenters. The fraction of sp³-hybridized carbons (Fsp3) is 0.405. The standard InChI is InChI=1S/C16H18N4O2S.C15H16N4S.C11H10N4S/c1-16(2,3)22-15(21)20-5-4-11-9(8-20)6-10-13(18)12(7-17)23-14(10)19-11;16-6-13-14(17)11-5-10-8-19(7-9-1-2-9)4-3-12(10)18-15(11)20-13;12-4-9-10(13)7-3-6-5-14-2-1-8(6)15-11(7)16-9/h6H,4-5,8,18H2,1-3H3;5,9H,1-4,7-8,17H2;3,14H,1-2,5,13H2. The molecule has 7 N–H and O–H groups in total. The third kappa shape index (κ3) is 8.46. The SMILES string of the molecule is CC(C)(C)OC(=O)N1CCc2nc3sc(C#N)c(N)c3cc2C1.N#Cc1sc2nc3c(cc2c1N)CN(CC1CC1)CC3.N#Cc1sc2nc3c(cc2c1N)CNCC3. The summed E-state index contributed by atoms with van der Waals surface area (Å²) < 4.78 is 5.43. The molecule has 59 heavy (non-hydrogen) atoms. The van der Waals surface area contributed by atoms with E-state index in [0.717, 1.165) is 92.5 Å². The lowest BCUT2D eigenvalue weighted by Crippen LogP contribution is -2.40. The molecule has 0 saturated heterocycles. The number of thiophene rings is 3. The van der Waals surface area contributed by atoms with Crippen LogP contribution in [0.2, 0.25) is 0 Å². The largest absolute Gasteiger partial charge is 0.444 e. The number of anilines is 3. The van der Waals surface area contributed by atoms with E-state index in [0.29, 0.717) is 51.2 Å². The molecule has 1 saturated carbocycles. The van der Waals surface area contributed by atoms with Crippen LogP contribution < -0.4 is 22.5 Å². The lowest BCUT2D eigenvalue weighted by atomic mass is 10.0. The smallest absolute Gasteiger partial charge is 0.410 e. The summed E-state index contributed by atoms with van der Waals surface area (Å²) in [6.45, 7) is 11.7. The number of nitrogen functional groups attached to an aromatic ring is 3. The molecule has 0 radical (unpaired) electrons. The summed E-state index contributed by atoms with van der Waals surface area (Å²) in [6.07, 6.45) is 5.10. The number of aromatic nitrogens is 3. The number of nitriles is 3. The molecule has 0 spiro atoms. The van der Waals surface area contributed by atoms with E-state index in [4.69, 9.17) is 42.7 Å². The lowest BCUT2D eigenvalue weighted by Gasteiger charge is -2.30. The molecule has 0 bridgehead atoms. The van der Waals surface area contributed by atoms with Crippen molar-refractivity contribution in [3.05, 3.63) is 66.6 Å². The van der Waals surface area contributed by atoms with Crippen molar-refractivity contribution in [2.45, 2.75) is 78.1 Å². The normalized spacial score (nSPS) is 16.0. The van der Waals surface area contributed by atoms with Crippen LogP contribution >= 0.6 is 34.0 Å². The highest BCUT2D eigenvalue weighted by Gasteiger charge is 2.29. The Kier molecular flexibility index (Phi) is 11.0. The average molecular weight is 845 g/mol. The van der Waals surface area contributed by atoms with Gasteiger partial charge >= 0.3 is 6.09 Å². The number of hydrogen-bond acceptors (Lipinski definition) is 16. The van der Waals surface area contributed by atoms with Crippen molar-refractivity contribution in [1.82, 2.24) is 30.1 Å². The second kappa shape index (κ2) is 16.2. The Morgan fingerprint density at radius 3 is 1.73 bits per heavy atom. The number of carbonyl (C=O) groups excluding carboxylic acids is 1. The molecule has 302 valence electrons. The summed E-state index contributed by atoms with van der Waals surface area (Å²) in [5.41, 5.74) is 25.8. The molecule has 1 amide bonds. The third-order valence-corrected chi connectivity index (χ3v) is 13.8. The minimum Gasteiger partial charge on any atom is -0.444 e. The number of nitrogens with zero attached hydrogens (tertiary/aromatic N) is 8. The molecule has 6 aromatic heterocycles. The van der Waals surface area contributed by atoms with E-state index in [1.165, 1.54) is 70.2 Å². The number of nitrogens with one attached hydrogen (secondary N) is 1. The minimum absolute atomic E-state index is 0.320. The first kappa shape index (κ1) is 40.2. The summed E-state index contributed by atoms with van der Waals surface area (Å²) >= 11 is 4.10. The monoisotopic (exact) mass is 844 g/mol. The number of ether oxygens (including phenoxy) is 1. The van der Waals surface area contributed by atoms with E-state index in [9.17, 15) is 4.79 Å². The Hall–Kier alpha value is -5.61. The van der Waals surface area contributed by atoms with Crippen LogP contribution in [0.3, 0.4) is 0 Å². The van der Waals surface area contributed by atoms with E-state index in [-0.39, 0.29) is 6.09 Å². The first-order valence-corrected chi connectivity index (χ1v) is 22.0. The van der Waals surface area contributed by atoms with Crippen LogP contribution in [0, 0.1) is 39.9 Å². The van der Waals surface area contributed by atoms with Gasteiger partial charge in [0.15, 0.2) is 0 Å². The second-order valence-corrected chi connectivity index (χ2v) is 19.2. The van der Waals surface area contributed by atoms with E-state index in [1.54, 1.807) is 4.90 Å². The van der Waals surface area contributed by atoms with Crippen molar-refractivity contribution in [3.63, 3.8) is 0 Å². The topological polar surface area (TPSA) is 233 Å². The molecule has 10 rings (SSSR count). The van der Waals surface area contributed by atoms with Gasteiger partial charge in [0, 0.05) is 91.8 Å². The number of fused-ring (bicyclic) bond motifs is 6. The number of carbonyl (C=O) groups is 1. The molecular weight excluding hydrogens is 801 g/mol. The van der Waals surface area contributed by atoms with Crippen molar-refractivity contribution in [1.29, 1.82) is 15.8 Å². The summed E-state index contributed by atoms with van der Waals surface area (Å²) in [5, 5.41) is 33.1. The van der Waals surface area contributed by atoms with Crippen LogP contribution in [-0.4, -0.2) is 62.6 Å². The highest BCUT2D eigenvalue weighted by atomic mass is 32.1. The molecule has 4 aliphatic rings. The van der Waals surface area contributed by atoms with E-state index < -0.39 is 5.60 Å². The molecule has 0 aromatic carbocycles. The van der Waals surface area contributed by atoms with Gasteiger partial charge in [0.2, 0.25) is 0 Å². The maximum Gasteiger partial charge on any atom is 0.410 e. The summed E-state index contributed by atoms with van der Waals surface area (Å²) in [6, 6.07) is 12.5. The molecule has 0 atom stereocenters. The highest BCUT2D eigenvalue weighted by molar-refractivity contribution is 7.20. The highest BCUT2D eigenvalue weighted by Crippen LogP contribution is 2.37. The van der Waals surface area contributed by atoms with Gasteiger partial charge in [-0.25, -0.2) is 19.7 Å². The number of hydrogen-bond donors (Lipinski definition) is 4. The van der Waals surface area contributed by atoms with Crippen LogP contribution in [0.25, 0.3) is 30.6 Å². The molecule has 6 aromatic rings. The number of rotatable bonds is 2. The second-order valence-electron chi connectivity index (χ2n) is 16.2. The predicted octanol–water partition coefficient (Wildman–Crippen LogP) is 6.96. The zero-order chi connectivity index (χ0) is 41.6. The molecule has 1 fully saturated rings. The van der Waals surface area contributed by atoms with Gasteiger partial charge in [-0.3, -0.25) is 4.90 Å². The predicted molar refractivity (Wildman–Crippen MR) is 234 cm³/mol. The quantitative estimate of drug-likeness (QED) is 0.138. The maximum absolute atomic E-state index is 12.2. The molecule has 14 nitrogen and oxygen atoms in total. The zero-order valence-corrected chi connectivity index (χ0v) is 35.6. The van der Waals surface area contributed by atoms with Crippen molar-refractivity contribution >= 4 is 87.8 Å². The van der Waals surface area contributed by atoms with Gasteiger partial charge in [0.25, 0.3) is 0 Å². The van der Waals surface area contributed by atoms with Crippen LogP contribution in [0.4, 0.5) is 21.9 Å². The Balaban J connectivity index is 0.000000125. The molecule has 1 aliphatic carbocycles. The lowest BCUT2D eigenvalue weighted by molar-refractivity contribution is 0.0223. The molecule has 3 aliphatic heterocycles. The summed E-state index contributed by atoms with van der Waals surface area (Å²) in [4.78, 5) is 34.6. The van der Waals surface area contributed by atoms with E-state index in [1.807, 2.05) is 26.8 Å². The van der Waals surface area contributed by atoms with Crippen LogP contribution in [0.15, 0.2) is 18.2 Å². The van der Waals surface area contributed by atoms with Crippen molar-refractivity contribution < 1.29 is 9.53 Å². The number of pyridine rings is 3. The van der Waals surface area contributed by atoms with Gasteiger partial charge in [0.05, 0.1) is 23.6 Å². The Labute approximate surface area is 353 Å². The summed E-state index contributed by atoms with van der Waals surface area (Å²) in [7, 11) is 0. The Morgan fingerprint density at radius 1 is 0.763 bits per heavy atom.